The van der Waals surface area contributed by atoms with E-state index in [9.17, 15) is 9.59 Å². The molecular formula is C16H24N2O4S. The zero-order chi connectivity index (χ0) is 16.9. The topological polar surface area (TPSA) is 68.7 Å². The van der Waals surface area contributed by atoms with Crippen molar-refractivity contribution in [2.45, 2.75) is 51.7 Å². The summed E-state index contributed by atoms with van der Waals surface area (Å²) in [5, 5.41) is 2.22. The number of aromatic nitrogens is 1. The first-order valence-corrected chi connectivity index (χ1v) is 8.75. The van der Waals surface area contributed by atoms with Gasteiger partial charge >= 0.3 is 6.09 Å². The molecule has 0 radical (unpaired) electrons. The Bertz CT molecular complexity index is 525. The molecule has 1 aromatic rings. The summed E-state index contributed by atoms with van der Waals surface area (Å²) in [4.78, 5) is 29.8. The number of rotatable bonds is 5. The second-order valence-corrected chi connectivity index (χ2v) is 7.49. The maximum Gasteiger partial charge on any atom is 0.410 e. The number of hydrogen-bond acceptors (Lipinski definition) is 6. The van der Waals surface area contributed by atoms with Gasteiger partial charge in [-0.25, -0.2) is 9.78 Å². The number of nitrogens with zero attached hydrogens (tertiary/aromatic N) is 2. The van der Waals surface area contributed by atoms with Crippen LogP contribution >= 0.6 is 11.3 Å². The summed E-state index contributed by atoms with van der Waals surface area (Å²) in [6.45, 7) is 6.57. The van der Waals surface area contributed by atoms with Crippen LogP contribution in [0.3, 0.4) is 0 Å². The zero-order valence-electron chi connectivity index (χ0n) is 13.9. The predicted octanol–water partition coefficient (Wildman–Crippen LogP) is 3.13. The molecule has 0 bridgehead atoms. The highest BCUT2D eigenvalue weighted by atomic mass is 32.1. The van der Waals surface area contributed by atoms with Gasteiger partial charge in [0, 0.05) is 18.1 Å². The lowest BCUT2D eigenvalue weighted by molar-refractivity contribution is -0.00622. The Kier molecular flexibility index (Phi) is 6.12. The molecule has 1 saturated heterocycles. The minimum Gasteiger partial charge on any atom is -0.444 e. The highest BCUT2D eigenvalue weighted by molar-refractivity contribution is 7.11. The first-order chi connectivity index (χ1) is 10.9. The summed E-state index contributed by atoms with van der Waals surface area (Å²) >= 11 is 1.30. The van der Waals surface area contributed by atoms with Crippen LogP contribution in [0.4, 0.5) is 4.79 Å². The molecule has 1 aliphatic heterocycles. The molecule has 7 heteroatoms. The third-order valence-corrected chi connectivity index (χ3v) is 4.28. The van der Waals surface area contributed by atoms with Crippen LogP contribution in [0.1, 0.15) is 49.8 Å². The number of ether oxygens (including phenoxy) is 2. The van der Waals surface area contributed by atoms with E-state index in [0.29, 0.717) is 18.2 Å². The van der Waals surface area contributed by atoms with E-state index in [4.69, 9.17) is 9.47 Å². The maximum absolute atomic E-state index is 12.3. The van der Waals surface area contributed by atoms with Crippen LogP contribution in [0.15, 0.2) is 11.6 Å². The molecule has 0 aromatic carbocycles. The number of ketones is 1. The normalized spacial score (nSPS) is 18.7. The van der Waals surface area contributed by atoms with Gasteiger partial charge in [0.1, 0.15) is 12.2 Å². The molecule has 0 saturated carbocycles. The van der Waals surface area contributed by atoms with Gasteiger partial charge in [-0.05, 0) is 40.0 Å². The fourth-order valence-corrected chi connectivity index (χ4v) is 3.01. The van der Waals surface area contributed by atoms with Gasteiger partial charge in [0.25, 0.3) is 0 Å². The summed E-state index contributed by atoms with van der Waals surface area (Å²) in [7, 11) is 0. The predicted molar refractivity (Wildman–Crippen MR) is 87.8 cm³/mol. The van der Waals surface area contributed by atoms with Gasteiger partial charge in [-0.2, -0.15) is 0 Å². The molecular weight excluding hydrogens is 316 g/mol. The van der Waals surface area contributed by atoms with Crippen molar-refractivity contribution in [3.05, 3.63) is 16.6 Å². The second-order valence-electron chi connectivity index (χ2n) is 6.60. The molecule has 0 aliphatic carbocycles. The van der Waals surface area contributed by atoms with Crippen LogP contribution in [-0.2, 0) is 9.47 Å². The Hall–Kier alpha value is -1.47. The van der Waals surface area contributed by atoms with Crippen molar-refractivity contribution >= 4 is 23.2 Å². The smallest absolute Gasteiger partial charge is 0.410 e. The SMILES string of the molecule is CC(C)(C)OC(=O)N1CCCCC1COCC(=O)c1nccs1. The summed E-state index contributed by atoms with van der Waals surface area (Å²) in [5.74, 6) is -0.125. The molecule has 2 heterocycles. The number of likely N-dealkylation sites (tertiary alicyclic amines) is 1. The standard InChI is InChI=1S/C16H24N2O4S/c1-16(2,3)22-15(20)18-8-5-4-6-12(18)10-21-11-13(19)14-17-7-9-23-14/h7,9,12H,4-6,8,10-11H2,1-3H3. The van der Waals surface area contributed by atoms with Gasteiger partial charge in [-0.3, -0.25) is 4.79 Å². The number of Topliss-reactive ketones (excluding diaryl/α,β-unsaturated/α-hetero) is 1. The van der Waals surface area contributed by atoms with Crippen LogP contribution in [0, 0.1) is 0 Å². The number of piperidine rings is 1. The maximum atomic E-state index is 12.3. The molecule has 23 heavy (non-hydrogen) atoms. The van der Waals surface area contributed by atoms with Gasteiger partial charge in [0.15, 0.2) is 5.01 Å². The van der Waals surface area contributed by atoms with Crippen molar-refractivity contribution in [2.75, 3.05) is 19.8 Å². The van der Waals surface area contributed by atoms with Gasteiger partial charge < -0.3 is 14.4 Å². The first kappa shape index (κ1) is 17.9. The van der Waals surface area contributed by atoms with Gasteiger partial charge in [0.05, 0.1) is 12.6 Å². The van der Waals surface area contributed by atoms with Crippen LogP contribution in [-0.4, -0.2) is 53.2 Å². The van der Waals surface area contributed by atoms with Gasteiger partial charge in [0.2, 0.25) is 5.78 Å². The van der Waals surface area contributed by atoms with Crippen molar-refractivity contribution in [1.82, 2.24) is 9.88 Å². The minimum absolute atomic E-state index is 0.00777. The van der Waals surface area contributed by atoms with E-state index in [1.165, 1.54) is 11.3 Å². The first-order valence-electron chi connectivity index (χ1n) is 7.87. The van der Waals surface area contributed by atoms with E-state index in [0.717, 1.165) is 19.3 Å². The Labute approximate surface area is 140 Å². The van der Waals surface area contributed by atoms with Crippen LogP contribution < -0.4 is 0 Å². The Morgan fingerprint density at radius 1 is 1.39 bits per heavy atom. The third-order valence-electron chi connectivity index (χ3n) is 3.47. The lowest BCUT2D eigenvalue weighted by Crippen LogP contribution is -2.48. The van der Waals surface area contributed by atoms with E-state index < -0.39 is 5.60 Å². The van der Waals surface area contributed by atoms with E-state index in [2.05, 4.69) is 4.98 Å². The molecule has 1 aromatic heterocycles. The molecule has 2 rings (SSSR count). The van der Waals surface area contributed by atoms with Crippen molar-refractivity contribution in [2.24, 2.45) is 0 Å². The number of carbonyl (C=O) groups excluding carboxylic acids is 2. The zero-order valence-corrected chi connectivity index (χ0v) is 14.7. The average Bonchev–Trinajstić information content (AvgIpc) is 3.00. The van der Waals surface area contributed by atoms with Crippen molar-refractivity contribution in [1.29, 1.82) is 0 Å². The number of hydrogen-bond donors (Lipinski definition) is 0. The molecule has 1 unspecified atom stereocenters. The molecule has 1 amide bonds. The Morgan fingerprint density at radius 2 is 2.17 bits per heavy atom. The lowest BCUT2D eigenvalue weighted by Gasteiger charge is -2.36. The Morgan fingerprint density at radius 3 is 2.83 bits per heavy atom. The highest BCUT2D eigenvalue weighted by Gasteiger charge is 2.30. The molecule has 1 fully saturated rings. The minimum atomic E-state index is -0.513. The van der Waals surface area contributed by atoms with Gasteiger partial charge in [-0.1, -0.05) is 0 Å². The van der Waals surface area contributed by atoms with Gasteiger partial charge in [-0.15, -0.1) is 11.3 Å². The molecule has 1 aliphatic rings. The molecule has 0 spiro atoms. The molecule has 0 N–H and O–H groups in total. The third kappa shape index (κ3) is 5.58. The monoisotopic (exact) mass is 340 g/mol. The van der Waals surface area contributed by atoms with E-state index >= 15 is 0 Å². The van der Waals surface area contributed by atoms with Crippen LogP contribution in [0.2, 0.25) is 0 Å². The summed E-state index contributed by atoms with van der Waals surface area (Å²) in [5.41, 5.74) is -0.513. The second kappa shape index (κ2) is 7.88. The molecule has 6 nitrogen and oxygen atoms in total. The summed E-state index contributed by atoms with van der Waals surface area (Å²) in [6.07, 6.45) is 4.17. The fourth-order valence-electron chi connectivity index (χ4n) is 2.45. The van der Waals surface area contributed by atoms with E-state index in [1.54, 1.807) is 16.5 Å². The van der Waals surface area contributed by atoms with Crippen LogP contribution in [0.5, 0.6) is 0 Å². The van der Waals surface area contributed by atoms with Crippen molar-refractivity contribution in [3.63, 3.8) is 0 Å². The fraction of sp³-hybridized carbons (Fsp3) is 0.688. The number of amides is 1. The Balaban J connectivity index is 1.84. The van der Waals surface area contributed by atoms with Crippen molar-refractivity contribution < 1.29 is 19.1 Å². The average molecular weight is 340 g/mol. The molecule has 1 atom stereocenters. The number of thiazole rings is 1. The van der Waals surface area contributed by atoms with Crippen molar-refractivity contribution in [3.8, 4) is 0 Å². The highest BCUT2D eigenvalue weighted by Crippen LogP contribution is 2.20. The quantitative estimate of drug-likeness (QED) is 0.770. The molecule has 128 valence electrons. The van der Waals surface area contributed by atoms with Crippen LogP contribution in [0.25, 0.3) is 0 Å². The summed E-state index contributed by atoms with van der Waals surface area (Å²) in [6, 6.07) is -0.0392. The van der Waals surface area contributed by atoms with E-state index in [1.807, 2.05) is 20.8 Å². The largest absolute Gasteiger partial charge is 0.444 e. The summed E-state index contributed by atoms with van der Waals surface area (Å²) < 4.78 is 11.0. The van der Waals surface area contributed by atoms with E-state index in [-0.39, 0.29) is 24.5 Å². The number of carbonyl (C=O) groups is 2. The lowest BCUT2D eigenvalue weighted by atomic mass is 10.0.